The molecule has 0 aliphatic carbocycles. The van der Waals surface area contributed by atoms with Crippen LogP contribution in [0.1, 0.15) is 35.7 Å². The number of carbonyl (C=O) groups is 1. The van der Waals surface area contributed by atoms with E-state index in [2.05, 4.69) is 26.2 Å². The number of fused-ring (bicyclic) bond motifs is 1. The maximum absolute atomic E-state index is 13.3. The highest BCUT2D eigenvalue weighted by molar-refractivity contribution is 9.10. The lowest BCUT2D eigenvalue weighted by atomic mass is 9.99. The molecule has 1 amide bonds. The molecular formula is C18H20BrFN4O3. The number of hydrogen-bond donors (Lipinski definition) is 2. The minimum atomic E-state index is -0.670. The third-order valence-corrected chi connectivity index (χ3v) is 5.57. The van der Waals surface area contributed by atoms with Crippen LogP contribution >= 0.6 is 15.9 Å². The summed E-state index contributed by atoms with van der Waals surface area (Å²) in [4.78, 5) is 31.4. The fourth-order valence-corrected chi connectivity index (χ4v) is 3.42. The monoisotopic (exact) mass is 438 g/mol. The van der Waals surface area contributed by atoms with E-state index >= 15 is 0 Å². The fraction of sp³-hybridized carbons (Fsp3) is 0.389. The van der Waals surface area contributed by atoms with Gasteiger partial charge in [0.15, 0.2) is 5.69 Å². The van der Waals surface area contributed by atoms with Gasteiger partial charge in [-0.25, -0.2) is 9.37 Å². The summed E-state index contributed by atoms with van der Waals surface area (Å²) in [7, 11) is 1.91. The first-order valence-corrected chi connectivity index (χ1v) is 9.20. The predicted molar refractivity (Wildman–Crippen MR) is 101 cm³/mol. The first-order chi connectivity index (χ1) is 12.6. The molecule has 0 atom stereocenters. The van der Waals surface area contributed by atoms with Crippen molar-refractivity contribution in [1.29, 1.82) is 0 Å². The number of nitrogens with zero attached hydrogens (tertiary/aromatic N) is 3. The van der Waals surface area contributed by atoms with E-state index in [0.29, 0.717) is 24.5 Å². The molecule has 144 valence electrons. The largest absolute Gasteiger partial charge is 0.501 e. The van der Waals surface area contributed by atoms with Crippen molar-refractivity contribution >= 4 is 21.8 Å². The third-order valence-electron chi connectivity index (χ3n) is 4.96. The van der Waals surface area contributed by atoms with Crippen molar-refractivity contribution in [3.05, 3.63) is 55.9 Å². The van der Waals surface area contributed by atoms with E-state index in [1.165, 1.54) is 16.7 Å². The van der Waals surface area contributed by atoms with Gasteiger partial charge in [0.2, 0.25) is 5.75 Å². The number of halogens is 2. The zero-order valence-electron chi connectivity index (χ0n) is 15.2. The maximum atomic E-state index is 13.3. The molecule has 7 nitrogen and oxygen atoms in total. The number of aromatic nitrogens is 2. The molecule has 0 fully saturated rings. The lowest BCUT2D eigenvalue weighted by molar-refractivity contribution is 0.0919. The van der Waals surface area contributed by atoms with Crippen LogP contribution in [-0.4, -0.2) is 39.1 Å². The van der Waals surface area contributed by atoms with Gasteiger partial charge in [0.05, 0.1) is 10.0 Å². The number of benzene rings is 1. The second kappa shape index (κ2) is 7.05. The number of hydrogen-bond acceptors (Lipinski definition) is 5. The molecule has 2 N–H and O–H groups in total. The van der Waals surface area contributed by atoms with Gasteiger partial charge in [-0.15, -0.1) is 0 Å². The summed E-state index contributed by atoms with van der Waals surface area (Å²) < 4.78 is 15.0. The van der Waals surface area contributed by atoms with Crippen LogP contribution in [0.4, 0.5) is 4.39 Å². The van der Waals surface area contributed by atoms with Gasteiger partial charge in [0.1, 0.15) is 11.6 Å². The average molecular weight is 439 g/mol. The SMILES string of the molecule is CN1CCn2c(nc(C(=O)NCc3ccc(F)c(Br)c3)c(O)c2=O)C1(C)C. The minimum absolute atomic E-state index is 0.0978. The standard InChI is InChI=1S/C18H20BrFN4O3/c1-18(2)17-22-13(14(25)16(27)24(17)7-6-23(18)3)15(26)21-9-10-4-5-12(20)11(19)8-10/h4-5,8,25H,6-7,9H2,1-3H3,(H,21,26). The lowest BCUT2D eigenvalue weighted by Gasteiger charge is -2.40. The van der Waals surface area contributed by atoms with Crippen molar-refractivity contribution in [3.63, 3.8) is 0 Å². The summed E-state index contributed by atoms with van der Waals surface area (Å²) in [5.74, 6) is -1.32. The molecule has 27 heavy (non-hydrogen) atoms. The quantitative estimate of drug-likeness (QED) is 0.764. The Morgan fingerprint density at radius 2 is 2.11 bits per heavy atom. The maximum Gasteiger partial charge on any atom is 0.296 e. The van der Waals surface area contributed by atoms with Crippen molar-refractivity contribution in [2.24, 2.45) is 0 Å². The molecule has 0 bridgehead atoms. The summed E-state index contributed by atoms with van der Waals surface area (Å²) in [6, 6.07) is 4.36. The molecule has 2 aromatic rings. The van der Waals surface area contributed by atoms with Gasteiger partial charge in [-0.2, -0.15) is 0 Å². The zero-order valence-corrected chi connectivity index (χ0v) is 16.8. The van der Waals surface area contributed by atoms with Crippen LogP contribution in [0.3, 0.4) is 0 Å². The van der Waals surface area contributed by atoms with Crippen molar-refractivity contribution in [3.8, 4) is 5.75 Å². The van der Waals surface area contributed by atoms with E-state index in [-0.39, 0.29) is 16.7 Å². The Morgan fingerprint density at radius 1 is 1.41 bits per heavy atom. The number of amides is 1. The Morgan fingerprint density at radius 3 is 2.78 bits per heavy atom. The van der Waals surface area contributed by atoms with E-state index in [0.717, 1.165) is 0 Å². The smallest absolute Gasteiger partial charge is 0.296 e. The Hall–Kier alpha value is -2.26. The second-order valence-corrected chi connectivity index (χ2v) is 7.86. The van der Waals surface area contributed by atoms with Gasteiger partial charge in [-0.1, -0.05) is 6.07 Å². The van der Waals surface area contributed by atoms with Crippen molar-refractivity contribution < 1.29 is 14.3 Å². The van der Waals surface area contributed by atoms with E-state index in [1.54, 1.807) is 6.07 Å². The van der Waals surface area contributed by atoms with Gasteiger partial charge in [-0.3, -0.25) is 19.1 Å². The average Bonchev–Trinajstić information content (AvgIpc) is 2.62. The molecule has 2 heterocycles. The normalized spacial score (nSPS) is 16.0. The molecule has 1 aromatic carbocycles. The molecule has 9 heteroatoms. The van der Waals surface area contributed by atoms with Crippen LogP contribution in [-0.2, 0) is 18.6 Å². The highest BCUT2D eigenvalue weighted by atomic mass is 79.9. The molecule has 0 saturated carbocycles. The van der Waals surface area contributed by atoms with Gasteiger partial charge in [0.25, 0.3) is 11.5 Å². The third kappa shape index (κ3) is 3.49. The van der Waals surface area contributed by atoms with Gasteiger partial charge in [-0.05, 0) is 54.5 Å². The molecule has 0 unspecified atom stereocenters. The molecule has 1 aliphatic heterocycles. The molecular weight excluding hydrogens is 419 g/mol. The molecule has 0 spiro atoms. The fourth-order valence-electron chi connectivity index (χ4n) is 2.99. The second-order valence-electron chi connectivity index (χ2n) is 7.00. The summed E-state index contributed by atoms with van der Waals surface area (Å²) >= 11 is 3.09. The van der Waals surface area contributed by atoms with Crippen LogP contribution < -0.4 is 10.9 Å². The van der Waals surface area contributed by atoms with Crippen LogP contribution in [0.2, 0.25) is 0 Å². The Bertz CT molecular complexity index is 974. The van der Waals surface area contributed by atoms with Gasteiger partial charge < -0.3 is 10.4 Å². The predicted octanol–water partition coefficient (Wildman–Crippen LogP) is 1.96. The molecule has 1 aromatic heterocycles. The minimum Gasteiger partial charge on any atom is -0.501 e. The topological polar surface area (TPSA) is 87.5 Å². The van der Waals surface area contributed by atoms with E-state index in [9.17, 15) is 19.1 Å². The number of rotatable bonds is 3. The summed E-state index contributed by atoms with van der Waals surface area (Å²) in [6.45, 7) is 4.92. The summed E-state index contributed by atoms with van der Waals surface area (Å²) in [6.07, 6.45) is 0. The van der Waals surface area contributed by atoms with Crippen molar-refractivity contribution in [2.75, 3.05) is 13.6 Å². The van der Waals surface area contributed by atoms with Crippen LogP contribution in [0.25, 0.3) is 0 Å². The zero-order chi connectivity index (χ0) is 19.9. The van der Waals surface area contributed by atoms with E-state index in [1.807, 2.05) is 25.8 Å². The Balaban J connectivity index is 1.91. The van der Waals surface area contributed by atoms with Crippen LogP contribution in [0.5, 0.6) is 5.75 Å². The molecule has 0 radical (unpaired) electrons. The van der Waals surface area contributed by atoms with Crippen LogP contribution in [0, 0.1) is 5.82 Å². The summed E-state index contributed by atoms with van der Waals surface area (Å²) in [5, 5.41) is 12.8. The van der Waals surface area contributed by atoms with Gasteiger partial charge in [0, 0.05) is 19.6 Å². The number of likely N-dealkylation sites (N-methyl/N-ethyl adjacent to an activating group) is 1. The van der Waals surface area contributed by atoms with Crippen molar-refractivity contribution in [1.82, 2.24) is 19.8 Å². The molecule has 3 rings (SSSR count). The number of aromatic hydroxyl groups is 1. The Labute approximate surface area is 164 Å². The number of nitrogens with one attached hydrogen (secondary N) is 1. The highest BCUT2D eigenvalue weighted by Crippen LogP contribution is 2.29. The van der Waals surface area contributed by atoms with Gasteiger partial charge >= 0.3 is 0 Å². The first-order valence-electron chi connectivity index (χ1n) is 8.40. The highest BCUT2D eigenvalue weighted by Gasteiger charge is 2.36. The van der Waals surface area contributed by atoms with E-state index < -0.39 is 28.6 Å². The van der Waals surface area contributed by atoms with E-state index in [4.69, 9.17) is 0 Å². The first kappa shape index (κ1) is 19.5. The lowest BCUT2D eigenvalue weighted by Crippen LogP contribution is -2.51. The Kier molecular flexibility index (Phi) is 5.09. The molecule has 0 saturated heterocycles. The number of carbonyl (C=O) groups excluding carboxylic acids is 1. The van der Waals surface area contributed by atoms with Crippen LogP contribution in [0.15, 0.2) is 27.5 Å². The van der Waals surface area contributed by atoms with Crippen molar-refractivity contribution in [2.45, 2.75) is 32.5 Å². The summed E-state index contributed by atoms with van der Waals surface area (Å²) in [5.41, 5.74) is -0.848. The molecule has 1 aliphatic rings.